The SMILES string of the molecule is CCCCOc1cccc(OC)c1-c1cc(C(=O)N[C@H](CC(=O)OC(C)(C)C)CC(C)C)nn1-c1ccc(F)cc1. The minimum absolute atomic E-state index is 0.0364. The first kappa shape index (κ1) is 31.6. The first-order valence-electron chi connectivity index (χ1n) is 14.1. The summed E-state index contributed by atoms with van der Waals surface area (Å²) in [5, 5.41) is 7.61. The number of nitrogens with one attached hydrogen (secondary N) is 1. The molecule has 1 N–H and O–H groups in total. The number of benzene rings is 2. The molecule has 0 aliphatic rings. The Morgan fingerprint density at radius 2 is 1.76 bits per heavy atom. The number of hydrogen-bond acceptors (Lipinski definition) is 6. The molecule has 0 unspecified atom stereocenters. The number of esters is 1. The maximum Gasteiger partial charge on any atom is 0.308 e. The average Bonchev–Trinajstić information content (AvgIpc) is 3.32. The number of nitrogens with zero attached hydrogens (tertiary/aromatic N) is 2. The molecule has 0 aliphatic carbocycles. The van der Waals surface area contributed by atoms with Gasteiger partial charge in [-0.05, 0) is 82.0 Å². The molecular formula is C32H42FN3O5. The molecule has 0 radical (unpaired) electrons. The summed E-state index contributed by atoms with van der Waals surface area (Å²) >= 11 is 0. The maximum atomic E-state index is 13.8. The van der Waals surface area contributed by atoms with Crippen molar-refractivity contribution < 1.29 is 28.2 Å². The predicted molar refractivity (Wildman–Crippen MR) is 157 cm³/mol. The molecule has 2 aromatic carbocycles. The van der Waals surface area contributed by atoms with Crippen molar-refractivity contribution in [3.8, 4) is 28.4 Å². The van der Waals surface area contributed by atoms with E-state index in [2.05, 4.69) is 17.3 Å². The summed E-state index contributed by atoms with van der Waals surface area (Å²) in [4.78, 5) is 26.2. The number of carbonyl (C=O) groups is 2. The third-order valence-electron chi connectivity index (χ3n) is 6.16. The van der Waals surface area contributed by atoms with Gasteiger partial charge in [-0.3, -0.25) is 9.59 Å². The summed E-state index contributed by atoms with van der Waals surface area (Å²) in [7, 11) is 1.56. The van der Waals surface area contributed by atoms with Crippen molar-refractivity contribution in [2.24, 2.45) is 5.92 Å². The van der Waals surface area contributed by atoms with Gasteiger partial charge in [0.1, 0.15) is 22.9 Å². The highest BCUT2D eigenvalue weighted by Gasteiger charge is 2.26. The van der Waals surface area contributed by atoms with E-state index in [0.717, 1.165) is 12.8 Å². The summed E-state index contributed by atoms with van der Waals surface area (Å²) in [6.45, 7) is 12.1. The minimum Gasteiger partial charge on any atom is -0.496 e. The van der Waals surface area contributed by atoms with E-state index in [1.54, 1.807) is 30.0 Å². The van der Waals surface area contributed by atoms with E-state index in [-0.39, 0.29) is 29.8 Å². The van der Waals surface area contributed by atoms with E-state index in [1.807, 2.05) is 52.8 Å². The van der Waals surface area contributed by atoms with E-state index >= 15 is 0 Å². The van der Waals surface area contributed by atoms with Crippen LogP contribution in [0.1, 0.15) is 77.7 Å². The standard InChI is InChI=1S/C32H42FN3O5/c1-8-9-17-40-28-12-10-11-27(39-7)30(28)26-20-25(35-36(26)24-15-13-22(33)14-16-24)31(38)34-23(18-21(2)3)19-29(37)41-32(4,5)6/h10-16,20-21,23H,8-9,17-19H2,1-7H3,(H,34,38)/t23-/m0/s1. The highest BCUT2D eigenvalue weighted by molar-refractivity contribution is 5.94. The molecule has 0 saturated heterocycles. The third-order valence-corrected chi connectivity index (χ3v) is 6.16. The lowest BCUT2D eigenvalue weighted by atomic mass is 10.0. The summed E-state index contributed by atoms with van der Waals surface area (Å²) in [6, 6.07) is 12.5. The van der Waals surface area contributed by atoms with Crippen molar-refractivity contribution in [3.63, 3.8) is 0 Å². The molecule has 0 fully saturated rings. The van der Waals surface area contributed by atoms with Crippen molar-refractivity contribution in [1.82, 2.24) is 15.1 Å². The number of halogens is 1. The molecule has 8 nitrogen and oxygen atoms in total. The zero-order valence-corrected chi connectivity index (χ0v) is 25.1. The number of methoxy groups -OCH3 is 1. The fourth-order valence-electron chi connectivity index (χ4n) is 4.44. The first-order valence-corrected chi connectivity index (χ1v) is 14.1. The predicted octanol–water partition coefficient (Wildman–Crippen LogP) is 6.74. The second-order valence-corrected chi connectivity index (χ2v) is 11.4. The van der Waals surface area contributed by atoms with E-state index in [4.69, 9.17) is 14.2 Å². The van der Waals surface area contributed by atoms with Gasteiger partial charge < -0.3 is 19.5 Å². The zero-order chi connectivity index (χ0) is 30.2. The van der Waals surface area contributed by atoms with Crippen LogP contribution in [0.4, 0.5) is 4.39 Å². The van der Waals surface area contributed by atoms with Crippen LogP contribution in [-0.2, 0) is 9.53 Å². The van der Waals surface area contributed by atoms with Gasteiger partial charge in [-0.2, -0.15) is 5.10 Å². The second kappa shape index (κ2) is 14.1. The molecule has 1 atom stereocenters. The summed E-state index contributed by atoms with van der Waals surface area (Å²) in [6.07, 6.45) is 2.46. The molecule has 1 aromatic heterocycles. The second-order valence-electron chi connectivity index (χ2n) is 11.4. The van der Waals surface area contributed by atoms with E-state index in [1.165, 1.54) is 12.1 Å². The quantitative estimate of drug-likeness (QED) is 0.182. The van der Waals surface area contributed by atoms with E-state index < -0.39 is 17.6 Å². The number of rotatable bonds is 13. The molecule has 41 heavy (non-hydrogen) atoms. The van der Waals surface area contributed by atoms with Crippen LogP contribution in [0.5, 0.6) is 11.5 Å². The number of aromatic nitrogens is 2. The van der Waals surface area contributed by atoms with Crippen LogP contribution in [0.25, 0.3) is 16.9 Å². The largest absolute Gasteiger partial charge is 0.496 e. The molecule has 1 amide bonds. The van der Waals surface area contributed by atoms with Gasteiger partial charge in [0.15, 0.2) is 5.69 Å². The van der Waals surface area contributed by atoms with Gasteiger partial charge in [-0.1, -0.05) is 33.3 Å². The Labute approximate surface area is 242 Å². The Morgan fingerprint density at radius 3 is 2.37 bits per heavy atom. The summed E-state index contributed by atoms with van der Waals surface area (Å²) < 4.78 is 32.7. The lowest BCUT2D eigenvalue weighted by Gasteiger charge is -2.23. The molecule has 222 valence electrons. The van der Waals surface area contributed by atoms with Crippen molar-refractivity contribution in [3.05, 3.63) is 60.0 Å². The lowest BCUT2D eigenvalue weighted by molar-refractivity contribution is -0.155. The molecular weight excluding hydrogens is 525 g/mol. The Kier molecular flexibility index (Phi) is 10.9. The Balaban J connectivity index is 2.05. The Hall–Kier alpha value is -3.88. The van der Waals surface area contributed by atoms with Crippen molar-refractivity contribution in [2.45, 2.75) is 78.9 Å². The fraction of sp³-hybridized carbons (Fsp3) is 0.469. The van der Waals surface area contributed by atoms with Gasteiger partial charge >= 0.3 is 5.97 Å². The van der Waals surface area contributed by atoms with Gasteiger partial charge in [0.25, 0.3) is 5.91 Å². The average molecular weight is 568 g/mol. The van der Waals surface area contributed by atoms with Crippen molar-refractivity contribution in [1.29, 1.82) is 0 Å². The van der Waals surface area contributed by atoms with Crippen molar-refractivity contribution >= 4 is 11.9 Å². The van der Waals surface area contributed by atoms with Gasteiger partial charge in [-0.15, -0.1) is 0 Å². The maximum absolute atomic E-state index is 13.8. The van der Waals surface area contributed by atoms with Gasteiger partial charge in [0.05, 0.1) is 37.1 Å². The molecule has 9 heteroatoms. The number of carbonyl (C=O) groups excluding carboxylic acids is 2. The van der Waals surface area contributed by atoms with Crippen LogP contribution in [0.15, 0.2) is 48.5 Å². The summed E-state index contributed by atoms with van der Waals surface area (Å²) in [5.74, 6) is 0.132. The molecule has 3 aromatic rings. The third kappa shape index (κ3) is 9.06. The van der Waals surface area contributed by atoms with Gasteiger partial charge in [0, 0.05) is 6.04 Å². The molecule has 0 spiro atoms. The molecule has 1 heterocycles. The van der Waals surface area contributed by atoms with Crippen LogP contribution in [0, 0.1) is 11.7 Å². The molecule has 0 saturated carbocycles. The van der Waals surface area contributed by atoms with Crippen LogP contribution < -0.4 is 14.8 Å². The highest BCUT2D eigenvalue weighted by atomic mass is 19.1. The number of amides is 1. The minimum atomic E-state index is -0.627. The lowest BCUT2D eigenvalue weighted by Crippen LogP contribution is -2.39. The first-order chi connectivity index (χ1) is 19.4. The van der Waals surface area contributed by atoms with Crippen LogP contribution in [0.2, 0.25) is 0 Å². The number of ether oxygens (including phenoxy) is 3. The molecule has 3 rings (SSSR count). The highest BCUT2D eigenvalue weighted by Crippen LogP contribution is 2.40. The Bertz CT molecular complexity index is 1310. The molecule has 0 aliphatic heterocycles. The molecule has 0 bridgehead atoms. The van der Waals surface area contributed by atoms with Gasteiger partial charge in [-0.25, -0.2) is 9.07 Å². The van der Waals surface area contributed by atoms with Crippen LogP contribution >= 0.6 is 0 Å². The summed E-state index contributed by atoms with van der Waals surface area (Å²) in [5.41, 5.74) is 1.22. The fourth-order valence-corrected chi connectivity index (χ4v) is 4.44. The van der Waals surface area contributed by atoms with Crippen molar-refractivity contribution in [2.75, 3.05) is 13.7 Å². The zero-order valence-electron chi connectivity index (χ0n) is 25.1. The van der Waals surface area contributed by atoms with E-state index in [9.17, 15) is 14.0 Å². The number of unbranched alkanes of at least 4 members (excludes halogenated alkanes) is 1. The number of hydrogen-bond donors (Lipinski definition) is 1. The van der Waals surface area contributed by atoms with Crippen LogP contribution in [0.3, 0.4) is 0 Å². The van der Waals surface area contributed by atoms with Crippen LogP contribution in [-0.4, -0.2) is 47.0 Å². The monoisotopic (exact) mass is 567 g/mol. The normalized spacial score (nSPS) is 12.2. The van der Waals surface area contributed by atoms with E-state index in [0.29, 0.717) is 41.5 Å². The topological polar surface area (TPSA) is 91.7 Å². The Morgan fingerprint density at radius 1 is 1.07 bits per heavy atom. The smallest absolute Gasteiger partial charge is 0.308 e. The van der Waals surface area contributed by atoms with Gasteiger partial charge in [0.2, 0.25) is 0 Å².